The Hall–Kier alpha value is -1.35. The molecule has 1 heterocycles. The lowest BCUT2D eigenvalue weighted by atomic mass is 9.89. The van der Waals surface area contributed by atoms with Gasteiger partial charge in [-0.05, 0) is 30.5 Å². The molecule has 1 atom stereocenters. The first-order valence-electron chi connectivity index (χ1n) is 6.08. The van der Waals surface area contributed by atoms with Crippen molar-refractivity contribution in [1.82, 2.24) is 9.55 Å². The summed E-state index contributed by atoms with van der Waals surface area (Å²) in [7, 11) is 2.02. The lowest BCUT2D eigenvalue weighted by molar-refractivity contribution is 0.237. The standard InChI is InChI=1S/C14H20N2O/c1-9(2)12(8-17)11-5-6-14-13(7-11)15-10(3)16(14)4/h5-7,9,12,17H,8H2,1-4H3. The molecular weight excluding hydrogens is 212 g/mol. The second-order valence-corrected chi connectivity index (χ2v) is 5.00. The number of rotatable bonds is 3. The number of imidazole rings is 1. The highest BCUT2D eigenvalue weighted by Gasteiger charge is 2.16. The van der Waals surface area contributed by atoms with Crippen LogP contribution >= 0.6 is 0 Å². The molecule has 1 unspecified atom stereocenters. The summed E-state index contributed by atoms with van der Waals surface area (Å²) in [4.78, 5) is 4.53. The van der Waals surface area contributed by atoms with Crippen LogP contribution in [-0.2, 0) is 7.05 Å². The average Bonchev–Trinajstić information content (AvgIpc) is 2.55. The number of aliphatic hydroxyl groups is 1. The smallest absolute Gasteiger partial charge is 0.106 e. The van der Waals surface area contributed by atoms with E-state index < -0.39 is 0 Å². The van der Waals surface area contributed by atoms with Crippen LogP contribution in [0.15, 0.2) is 18.2 Å². The number of fused-ring (bicyclic) bond motifs is 1. The van der Waals surface area contributed by atoms with Crippen LogP contribution in [-0.4, -0.2) is 21.3 Å². The molecular formula is C14H20N2O. The van der Waals surface area contributed by atoms with Crippen LogP contribution in [0.4, 0.5) is 0 Å². The van der Waals surface area contributed by atoms with Gasteiger partial charge in [-0.25, -0.2) is 4.98 Å². The second kappa shape index (κ2) is 4.49. The van der Waals surface area contributed by atoms with Crippen molar-refractivity contribution in [2.24, 2.45) is 13.0 Å². The van der Waals surface area contributed by atoms with E-state index in [4.69, 9.17) is 0 Å². The molecule has 17 heavy (non-hydrogen) atoms. The zero-order valence-corrected chi connectivity index (χ0v) is 10.9. The number of aromatic nitrogens is 2. The predicted octanol–water partition coefficient (Wildman–Crippen LogP) is 2.61. The summed E-state index contributed by atoms with van der Waals surface area (Å²) in [5.74, 6) is 1.64. The summed E-state index contributed by atoms with van der Waals surface area (Å²) < 4.78 is 2.09. The quantitative estimate of drug-likeness (QED) is 0.883. The molecule has 0 saturated heterocycles. The minimum absolute atomic E-state index is 0.189. The Morgan fingerprint density at radius 1 is 1.35 bits per heavy atom. The molecule has 0 bridgehead atoms. The third kappa shape index (κ3) is 2.07. The van der Waals surface area contributed by atoms with Crippen molar-refractivity contribution in [3.05, 3.63) is 29.6 Å². The van der Waals surface area contributed by atoms with Gasteiger partial charge in [0.15, 0.2) is 0 Å². The van der Waals surface area contributed by atoms with Gasteiger partial charge in [0.25, 0.3) is 0 Å². The number of benzene rings is 1. The van der Waals surface area contributed by atoms with Crippen molar-refractivity contribution < 1.29 is 5.11 Å². The minimum atomic E-state index is 0.189. The Bertz CT molecular complexity index is 528. The van der Waals surface area contributed by atoms with Crippen LogP contribution < -0.4 is 0 Å². The first kappa shape index (κ1) is 12.1. The van der Waals surface area contributed by atoms with Crippen LogP contribution in [0.2, 0.25) is 0 Å². The van der Waals surface area contributed by atoms with Gasteiger partial charge in [-0.3, -0.25) is 0 Å². The average molecular weight is 232 g/mol. The highest BCUT2D eigenvalue weighted by atomic mass is 16.3. The fourth-order valence-corrected chi connectivity index (χ4v) is 2.27. The lowest BCUT2D eigenvalue weighted by Crippen LogP contribution is -2.11. The van der Waals surface area contributed by atoms with Crippen LogP contribution in [0.3, 0.4) is 0 Å². The first-order valence-corrected chi connectivity index (χ1v) is 6.08. The summed E-state index contributed by atoms with van der Waals surface area (Å²) >= 11 is 0. The topological polar surface area (TPSA) is 38.1 Å². The summed E-state index contributed by atoms with van der Waals surface area (Å²) in [6.45, 7) is 6.46. The highest BCUT2D eigenvalue weighted by Crippen LogP contribution is 2.26. The van der Waals surface area contributed by atoms with E-state index in [2.05, 4.69) is 41.6 Å². The van der Waals surface area contributed by atoms with Crippen LogP contribution in [0.1, 0.15) is 31.2 Å². The molecule has 1 N–H and O–H groups in total. The molecule has 0 spiro atoms. The zero-order valence-electron chi connectivity index (χ0n) is 10.9. The molecule has 1 aromatic carbocycles. The number of aliphatic hydroxyl groups excluding tert-OH is 1. The molecule has 0 aliphatic heterocycles. The van der Waals surface area contributed by atoms with Crippen molar-refractivity contribution in [1.29, 1.82) is 0 Å². The zero-order chi connectivity index (χ0) is 12.6. The van der Waals surface area contributed by atoms with E-state index in [0.29, 0.717) is 5.92 Å². The van der Waals surface area contributed by atoms with Crippen molar-refractivity contribution in [3.8, 4) is 0 Å². The third-order valence-electron chi connectivity index (χ3n) is 3.56. The van der Waals surface area contributed by atoms with E-state index in [0.717, 1.165) is 16.9 Å². The monoisotopic (exact) mass is 232 g/mol. The van der Waals surface area contributed by atoms with Gasteiger partial charge in [-0.2, -0.15) is 0 Å². The van der Waals surface area contributed by atoms with Gasteiger partial charge < -0.3 is 9.67 Å². The minimum Gasteiger partial charge on any atom is -0.396 e. The Labute approximate surface area is 102 Å². The second-order valence-electron chi connectivity index (χ2n) is 5.00. The van der Waals surface area contributed by atoms with Crippen molar-refractivity contribution in [2.45, 2.75) is 26.7 Å². The summed E-state index contributed by atoms with van der Waals surface area (Å²) in [6, 6.07) is 6.29. The van der Waals surface area contributed by atoms with E-state index in [-0.39, 0.29) is 12.5 Å². The molecule has 0 aliphatic rings. The van der Waals surface area contributed by atoms with Gasteiger partial charge in [0.1, 0.15) is 5.82 Å². The number of nitrogens with zero attached hydrogens (tertiary/aromatic N) is 2. The maximum Gasteiger partial charge on any atom is 0.106 e. The van der Waals surface area contributed by atoms with E-state index in [1.807, 2.05) is 14.0 Å². The van der Waals surface area contributed by atoms with Gasteiger partial charge in [-0.15, -0.1) is 0 Å². The van der Waals surface area contributed by atoms with Crippen molar-refractivity contribution in [3.63, 3.8) is 0 Å². The molecule has 0 radical (unpaired) electrons. The maximum absolute atomic E-state index is 9.46. The van der Waals surface area contributed by atoms with Crippen molar-refractivity contribution in [2.75, 3.05) is 6.61 Å². The van der Waals surface area contributed by atoms with E-state index >= 15 is 0 Å². The van der Waals surface area contributed by atoms with E-state index in [1.54, 1.807) is 0 Å². The molecule has 1 aromatic heterocycles. The Morgan fingerprint density at radius 2 is 2.06 bits per heavy atom. The Kier molecular flexibility index (Phi) is 3.20. The molecule has 0 amide bonds. The van der Waals surface area contributed by atoms with Crippen LogP contribution in [0, 0.1) is 12.8 Å². The van der Waals surface area contributed by atoms with E-state index in [1.165, 1.54) is 5.56 Å². The Balaban J connectivity index is 2.51. The fraction of sp³-hybridized carbons (Fsp3) is 0.500. The van der Waals surface area contributed by atoms with Gasteiger partial charge in [0, 0.05) is 13.0 Å². The van der Waals surface area contributed by atoms with Gasteiger partial charge in [0.05, 0.1) is 17.6 Å². The molecule has 3 nitrogen and oxygen atoms in total. The highest BCUT2D eigenvalue weighted by molar-refractivity contribution is 5.77. The van der Waals surface area contributed by atoms with E-state index in [9.17, 15) is 5.11 Å². The van der Waals surface area contributed by atoms with Crippen LogP contribution in [0.5, 0.6) is 0 Å². The SMILES string of the molecule is Cc1nc2cc(C(CO)C(C)C)ccc2n1C. The lowest BCUT2D eigenvalue weighted by Gasteiger charge is -2.18. The first-order chi connectivity index (χ1) is 8.04. The molecule has 2 rings (SSSR count). The molecule has 2 aromatic rings. The normalized spacial score (nSPS) is 13.5. The number of hydrogen-bond donors (Lipinski definition) is 1. The summed E-state index contributed by atoms with van der Waals surface area (Å²) in [5.41, 5.74) is 3.33. The molecule has 0 fully saturated rings. The summed E-state index contributed by atoms with van der Waals surface area (Å²) in [5, 5.41) is 9.46. The maximum atomic E-state index is 9.46. The number of aryl methyl sites for hydroxylation is 2. The Morgan fingerprint density at radius 3 is 2.65 bits per heavy atom. The van der Waals surface area contributed by atoms with Gasteiger partial charge >= 0.3 is 0 Å². The molecule has 0 aliphatic carbocycles. The molecule has 3 heteroatoms. The van der Waals surface area contributed by atoms with Crippen LogP contribution in [0.25, 0.3) is 11.0 Å². The summed E-state index contributed by atoms with van der Waals surface area (Å²) in [6.07, 6.45) is 0. The molecule has 0 saturated carbocycles. The largest absolute Gasteiger partial charge is 0.396 e. The molecule has 92 valence electrons. The van der Waals surface area contributed by atoms with Crippen molar-refractivity contribution >= 4 is 11.0 Å². The number of hydrogen-bond acceptors (Lipinski definition) is 2. The fourth-order valence-electron chi connectivity index (χ4n) is 2.27. The predicted molar refractivity (Wildman–Crippen MR) is 70.1 cm³/mol. The van der Waals surface area contributed by atoms with Gasteiger partial charge in [-0.1, -0.05) is 19.9 Å². The third-order valence-corrected chi connectivity index (χ3v) is 3.56. The van der Waals surface area contributed by atoms with Gasteiger partial charge in [0.2, 0.25) is 0 Å².